The van der Waals surface area contributed by atoms with Gasteiger partial charge in [-0.05, 0) is 0 Å². The molecular weight excluding hydrogens is 350 g/mol. The van der Waals surface area contributed by atoms with Crippen molar-refractivity contribution >= 4 is 23.8 Å². The second-order valence-electron chi connectivity index (χ2n) is 5.46. The highest BCUT2D eigenvalue weighted by Crippen LogP contribution is 2.27. The number of rotatable bonds is 6. The number of carbonyl (C=O) groups is 4. The van der Waals surface area contributed by atoms with Crippen LogP contribution in [-0.4, -0.2) is 61.1 Å². The Morgan fingerprint density at radius 1 is 1.00 bits per heavy atom. The van der Waals surface area contributed by atoms with Gasteiger partial charge in [-0.15, -0.1) is 0 Å². The summed E-state index contributed by atoms with van der Waals surface area (Å²) in [6.07, 6.45) is 2.42. The molecule has 5 atom stereocenters. The van der Waals surface area contributed by atoms with Crippen LogP contribution in [0.25, 0.3) is 0 Å². The summed E-state index contributed by atoms with van der Waals surface area (Å²) in [5.74, 6) is -2.48. The van der Waals surface area contributed by atoms with Gasteiger partial charge in [-0.25, -0.2) is 0 Å². The van der Waals surface area contributed by atoms with E-state index in [0.717, 1.165) is 13.8 Å². The molecule has 1 amide bonds. The first-order valence-electron chi connectivity index (χ1n) is 7.67. The summed E-state index contributed by atoms with van der Waals surface area (Å²) in [5, 5.41) is 2.50. The van der Waals surface area contributed by atoms with Gasteiger partial charge in [0.05, 0.1) is 0 Å². The van der Waals surface area contributed by atoms with E-state index in [1.807, 2.05) is 6.11 Å². The van der Waals surface area contributed by atoms with Gasteiger partial charge in [-0.1, -0.05) is 6.42 Å². The molecule has 0 saturated carbocycles. The largest absolute Gasteiger partial charge is 0.463 e. The molecule has 1 N–H and O–H groups in total. The van der Waals surface area contributed by atoms with E-state index in [0.29, 0.717) is 0 Å². The lowest BCUT2D eigenvalue weighted by Crippen LogP contribution is -2.66. The van der Waals surface area contributed by atoms with Crippen LogP contribution >= 0.6 is 0 Å². The summed E-state index contributed by atoms with van der Waals surface area (Å²) in [5.41, 5.74) is 0. The van der Waals surface area contributed by atoms with Crippen molar-refractivity contribution in [3.63, 3.8) is 0 Å². The zero-order valence-corrected chi connectivity index (χ0v) is 14.8. The molecule has 0 bridgehead atoms. The third kappa shape index (κ3) is 6.25. The Balaban J connectivity index is 3.24. The minimum absolute atomic E-state index is 0.317. The lowest BCUT2D eigenvalue weighted by molar-refractivity contribution is -0.263. The average molecular weight is 371 g/mol. The zero-order chi connectivity index (χ0) is 19.9. The highest BCUT2D eigenvalue weighted by Gasteiger charge is 2.51. The minimum Gasteiger partial charge on any atom is -0.463 e. The van der Waals surface area contributed by atoms with Gasteiger partial charge in [0, 0.05) is 27.7 Å². The third-order valence-electron chi connectivity index (χ3n) is 3.26. The quantitative estimate of drug-likeness (QED) is 0.364. The van der Waals surface area contributed by atoms with Crippen LogP contribution in [0, 0.1) is 12.5 Å². The summed E-state index contributed by atoms with van der Waals surface area (Å²) in [4.78, 5) is 45.6. The molecule has 10 nitrogen and oxygen atoms in total. The molecule has 0 radical (unpaired) electrons. The molecule has 1 saturated heterocycles. The van der Waals surface area contributed by atoms with E-state index >= 15 is 0 Å². The fourth-order valence-electron chi connectivity index (χ4n) is 2.46. The number of carbonyl (C=O) groups excluding carboxylic acids is 4. The van der Waals surface area contributed by atoms with Crippen LogP contribution in [-0.2, 0) is 42.9 Å². The molecule has 0 spiro atoms. The van der Waals surface area contributed by atoms with Crippen LogP contribution < -0.4 is 5.32 Å². The standard InChI is InChI=1S/C16H21NO9/c1-6-22-16-13(17-8(2)18)15(25-11(5)21)14(24-10(4)20)12(26-16)7-23-9(3)19/h1,12-16H,7H2,2-5H3,(H,17,18). The van der Waals surface area contributed by atoms with Crippen molar-refractivity contribution < 1.29 is 42.9 Å². The Kier molecular flexibility index (Phi) is 7.86. The molecule has 0 aromatic heterocycles. The normalized spacial score (nSPS) is 27.4. The van der Waals surface area contributed by atoms with Crippen molar-refractivity contribution in [3.05, 3.63) is 0 Å². The summed E-state index contributed by atoms with van der Waals surface area (Å²) in [6.45, 7) is 4.38. The average Bonchev–Trinajstić information content (AvgIpc) is 2.50. The minimum atomic E-state index is -1.24. The molecule has 1 rings (SSSR count). The zero-order valence-electron chi connectivity index (χ0n) is 14.8. The second kappa shape index (κ2) is 9.62. The van der Waals surface area contributed by atoms with E-state index in [1.54, 1.807) is 0 Å². The van der Waals surface area contributed by atoms with E-state index < -0.39 is 54.5 Å². The molecule has 0 aromatic rings. The van der Waals surface area contributed by atoms with Crippen molar-refractivity contribution in [2.24, 2.45) is 0 Å². The van der Waals surface area contributed by atoms with Crippen molar-refractivity contribution in [2.45, 2.75) is 58.3 Å². The molecule has 10 heteroatoms. The topological polar surface area (TPSA) is 126 Å². The van der Waals surface area contributed by atoms with Crippen LogP contribution in [0.15, 0.2) is 0 Å². The summed E-state index contributed by atoms with van der Waals surface area (Å²) < 4.78 is 25.9. The lowest BCUT2D eigenvalue weighted by atomic mass is 9.96. The van der Waals surface area contributed by atoms with Crippen molar-refractivity contribution in [1.82, 2.24) is 5.32 Å². The van der Waals surface area contributed by atoms with Crippen molar-refractivity contribution in [3.8, 4) is 12.5 Å². The Hall–Kier alpha value is -2.80. The summed E-state index contributed by atoms with van der Waals surface area (Å²) >= 11 is 0. The van der Waals surface area contributed by atoms with E-state index in [-0.39, 0.29) is 6.61 Å². The molecular formula is C16H21NO9. The molecule has 5 unspecified atom stereocenters. The number of hydrogen-bond acceptors (Lipinski definition) is 9. The summed E-state index contributed by atoms with van der Waals surface area (Å²) in [7, 11) is 0. The number of hydrogen-bond donors (Lipinski definition) is 1. The first kappa shape index (κ1) is 21.2. The maximum atomic E-state index is 11.5. The fraction of sp³-hybridized carbons (Fsp3) is 0.625. The molecule has 144 valence electrons. The predicted octanol–water partition coefficient (Wildman–Crippen LogP) is -0.750. The van der Waals surface area contributed by atoms with Gasteiger partial charge in [0.1, 0.15) is 24.9 Å². The van der Waals surface area contributed by atoms with Crippen LogP contribution in [0.3, 0.4) is 0 Å². The molecule has 1 heterocycles. The van der Waals surface area contributed by atoms with Gasteiger partial charge in [-0.3, -0.25) is 19.2 Å². The van der Waals surface area contributed by atoms with Crippen LogP contribution in [0.5, 0.6) is 0 Å². The van der Waals surface area contributed by atoms with Gasteiger partial charge in [0.25, 0.3) is 0 Å². The molecule has 0 aliphatic carbocycles. The Labute approximate surface area is 150 Å². The number of esters is 3. The van der Waals surface area contributed by atoms with E-state index in [2.05, 4.69) is 5.32 Å². The third-order valence-corrected chi connectivity index (χ3v) is 3.26. The first-order valence-corrected chi connectivity index (χ1v) is 7.67. The lowest BCUT2D eigenvalue weighted by Gasteiger charge is -2.43. The molecule has 0 aromatic carbocycles. The van der Waals surface area contributed by atoms with Crippen molar-refractivity contribution in [2.75, 3.05) is 6.61 Å². The van der Waals surface area contributed by atoms with E-state index in [1.165, 1.54) is 13.8 Å². The van der Waals surface area contributed by atoms with Gasteiger partial charge in [-0.2, -0.15) is 0 Å². The van der Waals surface area contributed by atoms with Crippen molar-refractivity contribution in [1.29, 1.82) is 0 Å². The fourth-order valence-corrected chi connectivity index (χ4v) is 2.46. The van der Waals surface area contributed by atoms with Crippen LogP contribution in [0.1, 0.15) is 27.7 Å². The molecule has 1 aliphatic rings. The Morgan fingerprint density at radius 3 is 2.04 bits per heavy atom. The monoisotopic (exact) mass is 371 g/mol. The SMILES string of the molecule is C#COC1OC(COC(C)=O)C(OC(C)=O)C(OC(C)=O)C1NC(C)=O. The number of amides is 1. The molecule has 26 heavy (non-hydrogen) atoms. The highest BCUT2D eigenvalue weighted by atomic mass is 16.7. The maximum Gasteiger partial charge on any atom is 0.303 e. The van der Waals surface area contributed by atoms with Gasteiger partial charge in [0.15, 0.2) is 12.2 Å². The number of terminal acetylenes is 1. The predicted molar refractivity (Wildman–Crippen MR) is 83.9 cm³/mol. The summed E-state index contributed by atoms with van der Waals surface area (Å²) in [6, 6.07) is -1.06. The second-order valence-corrected chi connectivity index (χ2v) is 5.46. The van der Waals surface area contributed by atoms with E-state index in [4.69, 9.17) is 30.1 Å². The number of nitrogens with one attached hydrogen (secondary N) is 1. The Morgan fingerprint density at radius 2 is 1.58 bits per heavy atom. The molecule has 1 fully saturated rings. The smallest absolute Gasteiger partial charge is 0.303 e. The van der Waals surface area contributed by atoms with Crippen LogP contribution in [0.2, 0.25) is 0 Å². The number of ether oxygens (including phenoxy) is 5. The van der Waals surface area contributed by atoms with E-state index in [9.17, 15) is 19.2 Å². The van der Waals surface area contributed by atoms with Gasteiger partial charge < -0.3 is 29.0 Å². The molecule has 1 aliphatic heterocycles. The van der Waals surface area contributed by atoms with Gasteiger partial charge >= 0.3 is 17.9 Å². The maximum absolute atomic E-state index is 11.5. The van der Waals surface area contributed by atoms with Crippen LogP contribution in [0.4, 0.5) is 0 Å². The van der Waals surface area contributed by atoms with Gasteiger partial charge in [0.2, 0.25) is 12.2 Å². The Bertz CT molecular complexity index is 597. The highest BCUT2D eigenvalue weighted by molar-refractivity contribution is 5.73. The first-order chi connectivity index (χ1) is 12.1.